The molecule has 0 saturated heterocycles. The zero-order valence-corrected chi connectivity index (χ0v) is 17.5. The van der Waals surface area contributed by atoms with E-state index in [-0.39, 0.29) is 36.6 Å². The second-order valence-corrected chi connectivity index (χ2v) is 6.49. The van der Waals surface area contributed by atoms with Crippen molar-refractivity contribution < 1.29 is 24.9 Å². The molecule has 0 spiro atoms. The molecule has 4 atom stereocenters. The van der Waals surface area contributed by atoms with Crippen molar-refractivity contribution in [2.75, 3.05) is 0 Å². The van der Waals surface area contributed by atoms with Crippen LogP contribution in [0.15, 0.2) is 0 Å². The highest BCUT2D eigenvalue weighted by Crippen LogP contribution is 2.36. The van der Waals surface area contributed by atoms with Crippen LogP contribution in [0.5, 0.6) is 0 Å². The number of carbonyl (C=O) groups is 2. The number of hydrogen-bond acceptors (Lipinski definition) is 4. The van der Waals surface area contributed by atoms with E-state index >= 15 is 0 Å². The third kappa shape index (κ3) is 11.6. The highest BCUT2D eigenvalue weighted by atomic mass is 16.4. The average molecular weight is 375 g/mol. The fourth-order valence-electron chi connectivity index (χ4n) is 3.37. The van der Waals surface area contributed by atoms with Crippen molar-refractivity contribution in [1.29, 1.82) is 0 Å². The summed E-state index contributed by atoms with van der Waals surface area (Å²) in [6, 6.07) is 0. The Hall–Kier alpha value is -0.940. The molecule has 1 rings (SSSR count). The summed E-state index contributed by atoms with van der Waals surface area (Å²) < 4.78 is 0. The van der Waals surface area contributed by atoms with Gasteiger partial charge in [0.15, 0.2) is 0 Å². The third-order valence-corrected chi connectivity index (χ3v) is 4.80. The number of carboxylic acid groups (broad SMARTS) is 1. The number of aliphatic hydroxyl groups is 2. The van der Waals surface area contributed by atoms with Crippen LogP contribution in [0.2, 0.25) is 0 Å². The zero-order chi connectivity index (χ0) is 20.5. The zero-order valence-electron chi connectivity index (χ0n) is 17.5. The van der Waals surface area contributed by atoms with Crippen molar-refractivity contribution in [2.45, 2.75) is 111 Å². The van der Waals surface area contributed by atoms with E-state index in [1.54, 1.807) is 0 Å². The molecule has 0 aliphatic heterocycles. The Labute approximate surface area is 160 Å². The quantitative estimate of drug-likeness (QED) is 0.460. The summed E-state index contributed by atoms with van der Waals surface area (Å²) >= 11 is 0. The average Bonchev–Trinajstić information content (AvgIpc) is 2.91. The van der Waals surface area contributed by atoms with Crippen LogP contribution in [0.1, 0.15) is 98.8 Å². The molecule has 0 aromatic heterocycles. The number of hydrogen-bond donors (Lipinski definition) is 3. The van der Waals surface area contributed by atoms with E-state index in [4.69, 9.17) is 5.11 Å². The normalized spacial score (nSPS) is 22.7. The monoisotopic (exact) mass is 374 g/mol. The van der Waals surface area contributed by atoms with Crippen LogP contribution in [-0.2, 0) is 9.59 Å². The molecule has 1 fully saturated rings. The van der Waals surface area contributed by atoms with Gasteiger partial charge in [0.2, 0.25) is 0 Å². The van der Waals surface area contributed by atoms with Crippen LogP contribution < -0.4 is 0 Å². The number of Topliss-reactive ketones (excluding diaryl/α,β-unsaturated/α-hetero) is 1. The van der Waals surface area contributed by atoms with Gasteiger partial charge in [0.25, 0.3) is 0 Å². The summed E-state index contributed by atoms with van der Waals surface area (Å²) in [5.41, 5.74) is 0. The highest BCUT2D eigenvalue weighted by molar-refractivity contribution is 5.84. The molecule has 0 amide bonds. The van der Waals surface area contributed by atoms with Crippen LogP contribution in [0.4, 0.5) is 0 Å². The Kier molecular flexibility index (Phi) is 18.3. The van der Waals surface area contributed by atoms with E-state index in [9.17, 15) is 19.8 Å². The molecule has 4 unspecified atom stereocenters. The first-order valence-corrected chi connectivity index (χ1v) is 10.6. The first-order chi connectivity index (χ1) is 12.5. The molecule has 5 heteroatoms. The molecule has 156 valence electrons. The number of aliphatic carboxylic acids is 1. The van der Waals surface area contributed by atoms with Crippen LogP contribution in [-0.4, -0.2) is 39.3 Å². The lowest BCUT2D eigenvalue weighted by Crippen LogP contribution is -2.22. The molecule has 0 radical (unpaired) electrons. The summed E-state index contributed by atoms with van der Waals surface area (Å²) in [7, 11) is 0. The lowest BCUT2D eigenvalue weighted by atomic mass is 9.85. The molecule has 1 aliphatic rings. The molecule has 3 N–H and O–H groups in total. The lowest BCUT2D eigenvalue weighted by molar-refractivity contribution is -0.137. The van der Waals surface area contributed by atoms with E-state index in [1.807, 2.05) is 34.6 Å². The molecular formula is C21H42O5. The Morgan fingerprint density at radius 3 is 2.19 bits per heavy atom. The smallest absolute Gasteiger partial charge is 0.303 e. The number of aliphatic hydroxyl groups excluding tert-OH is 2. The standard InChI is InChI=1S/C17H30O5.2C2H6/c1-2-12(18)9-10-14-13(15(19)11-16(14)20)7-5-3-4-6-8-17(21)22;2*1-2/h12-14,16,18,20H,2-11H2,1H3,(H,21,22);2*1-2H3. The maximum Gasteiger partial charge on any atom is 0.303 e. The molecule has 26 heavy (non-hydrogen) atoms. The molecule has 5 nitrogen and oxygen atoms in total. The minimum absolute atomic E-state index is 0.0206. The Bertz CT molecular complexity index is 356. The van der Waals surface area contributed by atoms with Gasteiger partial charge in [0.1, 0.15) is 5.78 Å². The maximum atomic E-state index is 12.0. The first kappa shape index (κ1) is 27.3. The van der Waals surface area contributed by atoms with Crippen molar-refractivity contribution in [3.8, 4) is 0 Å². The van der Waals surface area contributed by atoms with E-state index in [0.717, 1.165) is 25.7 Å². The van der Waals surface area contributed by atoms with E-state index in [0.29, 0.717) is 25.7 Å². The van der Waals surface area contributed by atoms with Gasteiger partial charge in [-0.1, -0.05) is 53.9 Å². The Morgan fingerprint density at radius 1 is 1.08 bits per heavy atom. The maximum absolute atomic E-state index is 12.0. The van der Waals surface area contributed by atoms with Crippen molar-refractivity contribution in [3.05, 3.63) is 0 Å². The second kappa shape index (κ2) is 17.5. The molecule has 0 aromatic carbocycles. The van der Waals surface area contributed by atoms with Crippen LogP contribution >= 0.6 is 0 Å². The first-order valence-electron chi connectivity index (χ1n) is 10.6. The number of ketones is 1. The molecule has 0 aromatic rings. The third-order valence-electron chi connectivity index (χ3n) is 4.80. The molecule has 0 heterocycles. The number of rotatable bonds is 11. The summed E-state index contributed by atoms with van der Waals surface area (Å²) in [6.45, 7) is 9.93. The minimum atomic E-state index is -0.761. The SMILES string of the molecule is CC.CC.CCC(O)CCC1C(O)CC(=O)C1CCCCCCC(=O)O. The van der Waals surface area contributed by atoms with Gasteiger partial charge >= 0.3 is 5.97 Å². The van der Waals surface area contributed by atoms with Crippen LogP contribution in [0, 0.1) is 11.8 Å². The van der Waals surface area contributed by atoms with Gasteiger partial charge in [0, 0.05) is 18.8 Å². The van der Waals surface area contributed by atoms with Crippen LogP contribution in [0.25, 0.3) is 0 Å². The van der Waals surface area contributed by atoms with Crippen molar-refractivity contribution in [2.24, 2.45) is 11.8 Å². The lowest BCUT2D eigenvalue weighted by Gasteiger charge is -2.22. The van der Waals surface area contributed by atoms with Gasteiger partial charge in [-0.05, 0) is 38.0 Å². The van der Waals surface area contributed by atoms with Gasteiger partial charge in [-0.15, -0.1) is 0 Å². The second-order valence-electron chi connectivity index (χ2n) is 6.49. The fraction of sp³-hybridized carbons (Fsp3) is 0.905. The van der Waals surface area contributed by atoms with Gasteiger partial charge in [-0.25, -0.2) is 0 Å². The van der Waals surface area contributed by atoms with Crippen LogP contribution in [0.3, 0.4) is 0 Å². The molecular weight excluding hydrogens is 332 g/mol. The van der Waals surface area contributed by atoms with E-state index in [2.05, 4.69) is 0 Å². The van der Waals surface area contributed by atoms with Crippen molar-refractivity contribution in [3.63, 3.8) is 0 Å². The highest BCUT2D eigenvalue weighted by Gasteiger charge is 2.40. The summed E-state index contributed by atoms with van der Waals surface area (Å²) in [5, 5.41) is 28.3. The van der Waals surface area contributed by atoms with Gasteiger partial charge in [-0.3, -0.25) is 9.59 Å². The Balaban J connectivity index is 0. The molecule has 0 bridgehead atoms. The minimum Gasteiger partial charge on any atom is -0.481 e. The number of carboxylic acids is 1. The van der Waals surface area contributed by atoms with Gasteiger partial charge in [-0.2, -0.15) is 0 Å². The molecule has 1 aliphatic carbocycles. The van der Waals surface area contributed by atoms with Crippen molar-refractivity contribution in [1.82, 2.24) is 0 Å². The number of unbranched alkanes of at least 4 members (excludes halogenated alkanes) is 3. The van der Waals surface area contributed by atoms with Crippen molar-refractivity contribution >= 4 is 11.8 Å². The van der Waals surface area contributed by atoms with E-state index in [1.165, 1.54) is 0 Å². The Morgan fingerprint density at radius 2 is 1.65 bits per heavy atom. The predicted octanol–water partition coefficient (Wildman–Crippen LogP) is 4.58. The fourth-order valence-corrected chi connectivity index (χ4v) is 3.37. The van der Waals surface area contributed by atoms with Gasteiger partial charge < -0.3 is 15.3 Å². The largest absolute Gasteiger partial charge is 0.481 e. The summed E-state index contributed by atoms with van der Waals surface area (Å²) in [5.74, 6) is -0.719. The summed E-state index contributed by atoms with van der Waals surface area (Å²) in [4.78, 5) is 22.4. The summed E-state index contributed by atoms with van der Waals surface area (Å²) in [6.07, 6.45) is 5.74. The van der Waals surface area contributed by atoms with Gasteiger partial charge in [0.05, 0.1) is 12.2 Å². The predicted molar refractivity (Wildman–Crippen MR) is 106 cm³/mol. The molecule has 1 saturated carbocycles. The topological polar surface area (TPSA) is 94.8 Å². The number of carbonyl (C=O) groups excluding carboxylic acids is 1. The van der Waals surface area contributed by atoms with E-state index < -0.39 is 12.1 Å².